The summed E-state index contributed by atoms with van der Waals surface area (Å²) in [7, 11) is 1.70. The predicted molar refractivity (Wildman–Crippen MR) is 124 cm³/mol. The summed E-state index contributed by atoms with van der Waals surface area (Å²) in [6.45, 7) is 7.92. The van der Waals surface area contributed by atoms with Crippen molar-refractivity contribution in [2.75, 3.05) is 20.3 Å². The van der Waals surface area contributed by atoms with Crippen molar-refractivity contribution in [2.45, 2.75) is 84.2 Å². The first-order valence-corrected chi connectivity index (χ1v) is 12.9. The van der Waals surface area contributed by atoms with Gasteiger partial charge in [-0.15, -0.1) is 5.53 Å². The SMILES string of the molecule is COC[C@@]1(O)CC[C@@]2(C)[C@@H](CC[C@@H]3[C@@H]2CC[C@]2(C)[C@@H](C(=O)CN4NNC=C4C)CC[C@@H]32)C1. The minimum absolute atomic E-state index is 0.150. The molecule has 1 aliphatic heterocycles. The van der Waals surface area contributed by atoms with E-state index in [0.717, 1.165) is 43.2 Å². The smallest absolute Gasteiger partial charge is 0.157 e. The molecule has 3 N–H and O–H groups in total. The van der Waals surface area contributed by atoms with Gasteiger partial charge in [0, 0.05) is 24.9 Å². The van der Waals surface area contributed by atoms with Crippen LogP contribution in [0.25, 0.3) is 0 Å². The number of ketones is 1. The molecular weight excluding hydrogens is 402 g/mol. The van der Waals surface area contributed by atoms with Crippen LogP contribution in [0.5, 0.6) is 0 Å². The Kier molecular flexibility index (Phi) is 5.66. The quantitative estimate of drug-likeness (QED) is 0.598. The molecule has 0 aromatic carbocycles. The third-order valence-corrected chi connectivity index (χ3v) is 10.8. The lowest BCUT2D eigenvalue weighted by molar-refractivity contribution is -0.164. The van der Waals surface area contributed by atoms with Gasteiger partial charge in [0.15, 0.2) is 5.78 Å². The number of hydrogen-bond donors (Lipinski definition) is 3. The van der Waals surface area contributed by atoms with Crippen LogP contribution in [-0.2, 0) is 9.53 Å². The van der Waals surface area contributed by atoms with E-state index in [4.69, 9.17) is 4.74 Å². The maximum atomic E-state index is 13.4. The van der Waals surface area contributed by atoms with Crippen molar-refractivity contribution in [3.05, 3.63) is 11.9 Å². The van der Waals surface area contributed by atoms with E-state index in [-0.39, 0.29) is 11.3 Å². The first kappa shape index (κ1) is 22.7. The molecule has 180 valence electrons. The number of Topliss-reactive ketones (excluding diaryl/α,β-unsaturated/α-hetero) is 1. The molecule has 0 amide bonds. The summed E-state index contributed by atoms with van der Waals surface area (Å²) in [5.41, 5.74) is 7.00. The highest BCUT2D eigenvalue weighted by Gasteiger charge is 2.62. The number of nitrogens with one attached hydrogen (secondary N) is 2. The Balaban J connectivity index is 1.31. The van der Waals surface area contributed by atoms with Crippen molar-refractivity contribution < 1.29 is 14.6 Å². The summed E-state index contributed by atoms with van der Waals surface area (Å²) in [6.07, 6.45) is 12.0. The summed E-state index contributed by atoms with van der Waals surface area (Å²) in [4.78, 5) is 13.4. The largest absolute Gasteiger partial charge is 0.387 e. The van der Waals surface area contributed by atoms with Gasteiger partial charge in [-0.1, -0.05) is 13.8 Å². The normalized spacial score (nSPS) is 47.8. The Morgan fingerprint density at radius 3 is 2.62 bits per heavy atom. The molecule has 1 heterocycles. The molecule has 5 aliphatic rings. The average Bonchev–Trinajstić information content (AvgIpc) is 3.31. The van der Waals surface area contributed by atoms with Crippen LogP contribution in [0.15, 0.2) is 11.9 Å². The molecule has 8 atom stereocenters. The van der Waals surface area contributed by atoms with E-state index in [2.05, 4.69) is 24.8 Å². The van der Waals surface area contributed by atoms with Gasteiger partial charge in [0.05, 0.1) is 18.8 Å². The first-order valence-electron chi connectivity index (χ1n) is 12.9. The molecule has 0 aromatic heterocycles. The monoisotopic (exact) mass is 445 g/mol. The van der Waals surface area contributed by atoms with Crippen LogP contribution < -0.4 is 11.0 Å². The van der Waals surface area contributed by atoms with E-state index in [9.17, 15) is 9.90 Å². The molecule has 0 bridgehead atoms. The Morgan fingerprint density at radius 1 is 1.12 bits per heavy atom. The van der Waals surface area contributed by atoms with Crippen molar-refractivity contribution in [1.82, 2.24) is 16.0 Å². The third kappa shape index (κ3) is 3.43. The van der Waals surface area contributed by atoms with Crippen LogP contribution in [0.3, 0.4) is 0 Å². The lowest BCUT2D eigenvalue weighted by atomic mass is 9.44. The zero-order valence-electron chi connectivity index (χ0n) is 20.5. The Bertz CT molecular complexity index is 786. The van der Waals surface area contributed by atoms with Crippen molar-refractivity contribution >= 4 is 5.78 Å². The number of hydrazine groups is 2. The van der Waals surface area contributed by atoms with Crippen LogP contribution >= 0.6 is 0 Å². The van der Waals surface area contributed by atoms with Gasteiger partial charge >= 0.3 is 0 Å². The number of aliphatic hydroxyl groups is 1. The number of hydrogen-bond acceptors (Lipinski definition) is 6. The molecule has 4 saturated carbocycles. The molecule has 0 spiro atoms. The van der Waals surface area contributed by atoms with Crippen molar-refractivity contribution in [1.29, 1.82) is 0 Å². The Labute approximate surface area is 193 Å². The number of carbonyl (C=O) groups excluding carboxylic acids is 1. The molecule has 0 aromatic rings. The van der Waals surface area contributed by atoms with E-state index >= 15 is 0 Å². The van der Waals surface area contributed by atoms with Crippen molar-refractivity contribution in [2.24, 2.45) is 40.4 Å². The molecule has 32 heavy (non-hydrogen) atoms. The van der Waals surface area contributed by atoms with Crippen molar-refractivity contribution in [3.63, 3.8) is 0 Å². The van der Waals surface area contributed by atoms with Gasteiger partial charge in [0.25, 0.3) is 0 Å². The third-order valence-electron chi connectivity index (χ3n) is 10.8. The summed E-state index contributed by atoms with van der Waals surface area (Å²) < 4.78 is 5.36. The van der Waals surface area contributed by atoms with Gasteiger partial charge < -0.3 is 15.3 Å². The van der Waals surface area contributed by atoms with Crippen molar-refractivity contribution in [3.8, 4) is 0 Å². The number of fused-ring (bicyclic) bond motifs is 5. The molecule has 4 fully saturated rings. The summed E-state index contributed by atoms with van der Waals surface area (Å²) in [5.74, 6) is 3.36. The number of carbonyl (C=O) groups is 1. The van der Waals surface area contributed by atoms with Gasteiger partial charge in [0.1, 0.15) is 0 Å². The second-order valence-corrected chi connectivity index (χ2v) is 12.3. The Morgan fingerprint density at radius 2 is 1.91 bits per heavy atom. The van der Waals surface area contributed by atoms with Gasteiger partial charge in [-0.05, 0) is 99.2 Å². The molecule has 5 rings (SSSR count). The fourth-order valence-corrected chi connectivity index (χ4v) is 9.06. The average molecular weight is 446 g/mol. The molecule has 4 aliphatic carbocycles. The van der Waals surface area contributed by atoms with Crippen LogP contribution in [0.4, 0.5) is 0 Å². The van der Waals surface area contributed by atoms with E-state index in [1.807, 2.05) is 18.1 Å². The van der Waals surface area contributed by atoms with E-state index < -0.39 is 5.60 Å². The molecular formula is C26H43N3O3. The lowest BCUT2D eigenvalue weighted by Gasteiger charge is -2.62. The lowest BCUT2D eigenvalue weighted by Crippen LogP contribution is -2.57. The minimum Gasteiger partial charge on any atom is -0.387 e. The first-order chi connectivity index (χ1) is 15.2. The van der Waals surface area contributed by atoms with Gasteiger partial charge in [-0.2, -0.15) is 0 Å². The fraction of sp³-hybridized carbons (Fsp3) is 0.885. The number of rotatable bonds is 5. The second kappa shape index (κ2) is 7.99. The number of methoxy groups -OCH3 is 1. The standard InChI is InChI=1S/C26H43N3O3/c1-17-14-27-28-29(17)15-23(30)22-8-7-20-19-6-5-18-13-26(31,16-32-4)12-11-24(18,2)21(19)9-10-25(20,22)3/h14,18-22,27-28,31H,5-13,15-16H2,1-4H3/t18-,19-,20-,21-,22+,24-,25-,26+/m0/s1. The molecule has 0 saturated heterocycles. The number of allylic oxidation sites excluding steroid dienone is 1. The predicted octanol–water partition coefficient (Wildman–Crippen LogP) is 3.78. The topological polar surface area (TPSA) is 73.8 Å². The molecule has 0 radical (unpaired) electrons. The van der Waals surface area contributed by atoms with E-state index in [1.54, 1.807) is 7.11 Å². The van der Waals surface area contributed by atoms with Gasteiger partial charge in [0.2, 0.25) is 0 Å². The van der Waals surface area contributed by atoms with Crippen LogP contribution in [0.1, 0.15) is 78.6 Å². The zero-order chi connectivity index (χ0) is 22.7. The summed E-state index contributed by atoms with van der Waals surface area (Å²) >= 11 is 0. The summed E-state index contributed by atoms with van der Waals surface area (Å²) in [5, 5.41) is 13.0. The van der Waals surface area contributed by atoms with Crippen LogP contribution in [0, 0.1) is 40.4 Å². The van der Waals surface area contributed by atoms with Gasteiger partial charge in [-0.3, -0.25) is 9.80 Å². The highest BCUT2D eigenvalue weighted by Crippen LogP contribution is 2.68. The molecule has 6 heteroatoms. The highest BCUT2D eigenvalue weighted by molar-refractivity contribution is 5.84. The van der Waals surface area contributed by atoms with Crippen LogP contribution in [-0.4, -0.2) is 41.8 Å². The maximum absolute atomic E-state index is 13.4. The van der Waals surface area contributed by atoms with E-state index in [1.165, 1.54) is 32.1 Å². The van der Waals surface area contributed by atoms with E-state index in [0.29, 0.717) is 36.2 Å². The Hall–Kier alpha value is -1.11. The van der Waals surface area contributed by atoms with Gasteiger partial charge in [-0.25, -0.2) is 0 Å². The second-order valence-electron chi connectivity index (χ2n) is 12.3. The fourth-order valence-electron chi connectivity index (χ4n) is 9.06. The highest BCUT2D eigenvalue weighted by atomic mass is 16.5. The number of ether oxygens (including phenoxy) is 1. The maximum Gasteiger partial charge on any atom is 0.157 e. The zero-order valence-corrected chi connectivity index (χ0v) is 20.5. The summed E-state index contributed by atoms with van der Waals surface area (Å²) in [6, 6.07) is 0. The minimum atomic E-state index is -0.634. The van der Waals surface area contributed by atoms with Crippen LogP contribution in [0.2, 0.25) is 0 Å². The molecule has 6 nitrogen and oxygen atoms in total. The number of nitrogens with zero attached hydrogens (tertiary/aromatic N) is 1. The molecule has 0 unspecified atom stereocenters.